The molecule has 4 aromatic rings. The van der Waals surface area contributed by atoms with Gasteiger partial charge in [-0.15, -0.1) is 0 Å². The van der Waals surface area contributed by atoms with Crippen LogP contribution in [0.25, 0.3) is 17.1 Å². The molecule has 1 amide bonds. The van der Waals surface area contributed by atoms with Crippen molar-refractivity contribution in [3.63, 3.8) is 0 Å². The number of hydrogen-bond acceptors (Lipinski definition) is 7. The average molecular weight is 497 g/mol. The van der Waals surface area contributed by atoms with Crippen LogP contribution >= 0.6 is 11.6 Å². The molecule has 35 heavy (non-hydrogen) atoms. The van der Waals surface area contributed by atoms with E-state index in [1.54, 1.807) is 48.5 Å². The molecule has 0 radical (unpaired) electrons. The fourth-order valence-electron chi connectivity index (χ4n) is 4.22. The van der Waals surface area contributed by atoms with Gasteiger partial charge in [0.15, 0.2) is 17.4 Å². The molecule has 2 aromatic heterocycles. The Hall–Kier alpha value is -3.79. The maximum Gasteiger partial charge on any atom is 0.261 e. The van der Waals surface area contributed by atoms with E-state index in [0.717, 1.165) is 12.0 Å². The summed E-state index contributed by atoms with van der Waals surface area (Å²) in [6.45, 7) is 4.41. The molecule has 0 aliphatic carbocycles. The summed E-state index contributed by atoms with van der Waals surface area (Å²) < 4.78 is 25.2. The average Bonchev–Trinajstić information content (AvgIpc) is 3.62. The number of likely N-dealkylation sites (tertiary alicyclic amines) is 1. The first-order chi connectivity index (χ1) is 17.0. The number of nitrogens with zero attached hydrogens (tertiary/aromatic N) is 6. The molecule has 1 saturated heterocycles. The molecular weight excluding hydrogens is 475 g/mol. The SMILES string of the molecule is CCOc1c(F)cccc1-c1nc(C2CCCN2C(=O)c2cc(Cl)c(C)cc2-n2nccn2)no1. The highest BCUT2D eigenvalue weighted by Gasteiger charge is 2.35. The number of hydrogen-bond donors (Lipinski definition) is 0. The molecule has 0 N–H and O–H groups in total. The van der Waals surface area contributed by atoms with Gasteiger partial charge < -0.3 is 14.2 Å². The lowest BCUT2D eigenvalue weighted by molar-refractivity contribution is 0.0728. The standard InChI is InChI=1S/C24H22ClFN6O3/c1-3-34-21-15(6-4-7-18(21)26)23-29-22(30-35-23)19-8-5-11-31(19)24(33)16-13-17(25)14(2)12-20(16)32-27-9-10-28-32/h4,6-7,9-10,12-13,19H,3,5,8,11H2,1-2H3. The minimum atomic E-state index is -0.516. The molecule has 0 saturated carbocycles. The van der Waals surface area contributed by atoms with Gasteiger partial charge in [-0.2, -0.15) is 20.0 Å². The van der Waals surface area contributed by atoms with Gasteiger partial charge in [-0.3, -0.25) is 4.79 Å². The van der Waals surface area contributed by atoms with Gasteiger partial charge in [0.1, 0.15) is 0 Å². The topological polar surface area (TPSA) is 99.2 Å². The number of amides is 1. The Bertz CT molecular complexity index is 1370. The normalized spacial score (nSPS) is 15.5. The molecule has 1 aliphatic heterocycles. The summed E-state index contributed by atoms with van der Waals surface area (Å²) >= 11 is 6.37. The third-order valence-corrected chi connectivity index (χ3v) is 6.29. The largest absolute Gasteiger partial charge is 0.490 e. The van der Waals surface area contributed by atoms with Crippen molar-refractivity contribution in [2.24, 2.45) is 0 Å². The molecule has 1 fully saturated rings. The molecule has 1 aliphatic rings. The van der Waals surface area contributed by atoms with Crippen molar-refractivity contribution < 1.29 is 18.4 Å². The minimum Gasteiger partial charge on any atom is -0.490 e. The first-order valence-corrected chi connectivity index (χ1v) is 11.6. The van der Waals surface area contributed by atoms with Crippen LogP contribution in [0, 0.1) is 12.7 Å². The number of aromatic nitrogens is 5. The molecule has 5 rings (SSSR count). The van der Waals surface area contributed by atoms with Crippen molar-refractivity contribution >= 4 is 17.5 Å². The van der Waals surface area contributed by atoms with Crippen LogP contribution in [0.5, 0.6) is 5.75 Å². The molecule has 11 heteroatoms. The second-order valence-corrected chi connectivity index (χ2v) is 8.51. The van der Waals surface area contributed by atoms with Crippen LogP contribution in [0.1, 0.15) is 47.6 Å². The Morgan fingerprint density at radius 1 is 1.29 bits per heavy atom. The van der Waals surface area contributed by atoms with E-state index in [1.165, 1.54) is 10.9 Å². The van der Waals surface area contributed by atoms with Crippen LogP contribution < -0.4 is 4.74 Å². The lowest BCUT2D eigenvalue weighted by Gasteiger charge is -2.23. The van der Waals surface area contributed by atoms with Gasteiger partial charge in [-0.05, 0) is 56.5 Å². The third-order valence-electron chi connectivity index (χ3n) is 5.88. The predicted molar refractivity (Wildman–Crippen MR) is 125 cm³/mol. The molecule has 3 heterocycles. The summed E-state index contributed by atoms with van der Waals surface area (Å²) in [5.41, 5.74) is 2.06. The highest BCUT2D eigenvalue weighted by molar-refractivity contribution is 6.31. The van der Waals surface area contributed by atoms with E-state index in [0.29, 0.717) is 40.6 Å². The van der Waals surface area contributed by atoms with E-state index in [-0.39, 0.29) is 24.2 Å². The highest BCUT2D eigenvalue weighted by Crippen LogP contribution is 2.36. The van der Waals surface area contributed by atoms with E-state index >= 15 is 0 Å². The maximum absolute atomic E-state index is 14.3. The molecule has 0 bridgehead atoms. The quantitative estimate of drug-likeness (QED) is 0.378. The Kier molecular flexibility index (Phi) is 6.21. The third kappa shape index (κ3) is 4.25. The first-order valence-electron chi connectivity index (χ1n) is 11.2. The summed E-state index contributed by atoms with van der Waals surface area (Å²) in [7, 11) is 0. The van der Waals surface area contributed by atoms with E-state index < -0.39 is 11.9 Å². The van der Waals surface area contributed by atoms with Crippen molar-refractivity contribution in [1.82, 2.24) is 30.0 Å². The van der Waals surface area contributed by atoms with Gasteiger partial charge in [0, 0.05) is 11.6 Å². The van der Waals surface area contributed by atoms with Gasteiger partial charge in [0.2, 0.25) is 0 Å². The number of halogens is 2. The van der Waals surface area contributed by atoms with Gasteiger partial charge in [0.25, 0.3) is 11.8 Å². The Morgan fingerprint density at radius 3 is 2.86 bits per heavy atom. The lowest BCUT2D eigenvalue weighted by atomic mass is 10.1. The zero-order valence-electron chi connectivity index (χ0n) is 19.1. The lowest BCUT2D eigenvalue weighted by Crippen LogP contribution is -2.32. The van der Waals surface area contributed by atoms with Crippen molar-refractivity contribution in [3.05, 3.63) is 70.5 Å². The molecule has 180 valence electrons. The van der Waals surface area contributed by atoms with Gasteiger partial charge >= 0.3 is 0 Å². The molecular formula is C24H22ClFN6O3. The molecule has 0 spiro atoms. The number of carbonyl (C=O) groups excluding carboxylic acids is 1. The minimum absolute atomic E-state index is 0.0511. The summed E-state index contributed by atoms with van der Waals surface area (Å²) in [5, 5.41) is 13.0. The Morgan fingerprint density at radius 2 is 2.09 bits per heavy atom. The van der Waals surface area contributed by atoms with Gasteiger partial charge in [-0.1, -0.05) is 22.8 Å². The van der Waals surface area contributed by atoms with Crippen molar-refractivity contribution in [2.45, 2.75) is 32.7 Å². The van der Waals surface area contributed by atoms with E-state index in [2.05, 4.69) is 20.3 Å². The molecule has 9 nitrogen and oxygen atoms in total. The number of ether oxygens (including phenoxy) is 1. The number of benzene rings is 2. The highest BCUT2D eigenvalue weighted by atomic mass is 35.5. The van der Waals surface area contributed by atoms with Gasteiger partial charge in [0.05, 0.1) is 41.9 Å². The fourth-order valence-corrected chi connectivity index (χ4v) is 4.39. The number of carbonyl (C=O) groups is 1. The summed E-state index contributed by atoms with van der Waals surface area (Å²) in [6, 6.07) is 7.52. The van der Waals surface area contributed by atoms with Crippen molar-refractivity contribution in [1.29, 1.82) is 0 Å². The Balaban J connectivity index is 1.48. The molecule has 1 atom stereocenters. The van der Waals surface area contributed by atoms with E-state index in [9.17, 15) is 9.18 Å². The fraction of sp³-hybridized carbons (Fsp3) is 0.292. The van der Waals surface area contributed by atoms with Crippen LogP contribution in [-0.4, -0.2) is 49.1 Å². The summed E-state index contributed by atoms with van der Waals surface area (Å²) in [6.07, 6.45) is 4.50. The van der Waals surface area contributed by atoms with E-state index in [4.69, 9.17) is 20.9 Å². The maximum atomic E-state index is 14.3. The van der Waals surface area contributed by atoms with Crippen molar-refractivity contribution in [2.75, 3.05) is 13.2 Å². The number of para-hydroxylation sites is 1. The van der Waals surface area contributed by atoms with Crippen LogP contribution in [-0.2, 0) is 0 Å². The number of aryl methyl sites for hydroxylation is 1. The van der Waals surface area contributed by atoms with Crippen molar-refractivity contribution in [3.8, 4) is 22.9 Å². The van der Waals surface area contributed by atoms with Gasteiger partial charge in [-0.25, -0.2) is 4.39 Å². The molecule has 2 aromatic carbocycles. The predicted octanol–water partition coefficient (Wildman–Crippen LogP) is 4.79. The van der Waals surface area contributed by atoms with Crippen LogP contribution in [0.2, 0.25) is 5.02 Å². The first kappa shape index (κ1) is 23.0. The summed E-state index contributed by atoms with van der Waals surface area (Å²) in [4.78, 5) is 21.3. The molecule has 1 unspecified atom stereocenters. The zero-order valence-corrected chi connectivity index (χ0v) is 19.9. The van der Waals surface area contributed by atoms with Crippen LogP contribution in [0.15, 0.2) is 47.2 Å². The monoisotopic (exact) mass is 496 g/mol. The van der Waals surface area contributed by atoms with E-state index in [1.807, 2.05) is 6.92 Å². The summed E-state index contributed by atoms with van der Waals surface area (Å²) in [5.74, 6) is -0.238. The number of rotatable bonds is 6. The Labute approximate surface area is 205 Å². The zero-order chi connectivity index (χ0) is 24.5. The second kappa shape index (κ2) is 9.46. The van der Waals surface area contributed by atoms with Crippen LogP contribution in [0.4, 0.5) is 4.39 Å². The van der Waals surface area contributed by atoms with Crippen LogP contribution in [0.3, 0.4) is 0 Å². The smallest absolute Gasteiger partial charge is 0.261 e. The second-order valence-electron chi connectivity index (χ2n) is 8.10.